The third-order valence-corrected chi connectivity index (χ3v) is 5.61. The summed E-state index contributed by atoms with van der Waals surface area (Å²) < 4.78 is 6.18. The summed E-state index contributed by atoms with van der Waals surface area (Å²) in [4.78, 5) is 39.1. The van der Waals surface area contributed by atoms with Crippen molar-refractivity contribution in [2.24, 2.45) is 5.92 Å². The Bertz CT molecular complexity index is 1080. The second kappa shape index (κ2) is 10.5. The van der Waals surface area contributed by atoms with E-state index in [-0.39, 0.29) is 12.4 Å². The first-order valence-corrected chi connectivity index (χ1v) is 10.8. The molecule has 0 radical (unpaired) electrons. The van der Waals surface area contributed by atoms with E-state index < -0.39 is 23.6 Å². The maximum absolute atomic E-state index is 13.5. The van der Waals surface area contributed by atoms with E-state index in [2.05, 4.69) is 15.9 Å². The van der Waals surface area contributed by atoms with Crippen LogP contribution in [0.15, 0.2) is 83.3 Å². The number of benzene rings is 3. The van der Waals surface area contributed by atoms with Crippen molar-refractivity contribution in [3.63, 3.8) is 0 Å². The summed E-state index contributed by atoms with van der Waals surface area (Å²) in [6.07, 6.45) is 0. The number of halogens is 2. The normalized spacial score (nSPS) is 12.6. The number of hydrogen-bond acceptors (Lipinski definition) is 4. The number of carbonyl (C=O) groups excluding carboxylic acids is 3. The molecule has 0 aliphatic heterocycles. The minimum Gasteiger partial charge on any atom is -0.460 e. The van der Waals surface area contributed by atoms with Crippen LogP contribution in [0.3, 0.4) is 0 Å². The van der Waals surface area contributed by atoms with Gasteiger partial charge in [0.05, 0.1) is 5.92 Å². The summed E-state index contributed by atoms with van der Waals surface area (Å²) in [6.45, 7) is 1.32. The summed E-state index contributed by atoms with van der Waals surface area (Å²) in [5, 5.41) is 0.487. The molecule has 0 aromatic heterocycles. The first-order valence-electron chi connectivity index (χ1n) is 9.63. The van der Waals surface area contributed by atoms with Crippen molar-refractivity contribution in [2.45, 2.75) is 19.4 Å². The molecule has 0 heterocycles. The third kappa shape index (κ3) is 5.90. The molecule has 3 aromatic carbocycles. The molecule has 2 atom stereocenters. The standard InChI is InChI=1S/C25H20BrClO4/c1-16(28)22(25(30)31-15-17-6-3-2-4-7-17)23(19-8-5-9-20(26)14-19)24(29)18-10-12-21(27)13-11-18/h2-14,22-23H,15H2,1H3. The van der Waals surface area contributed by atoms with Gasteiger partial charge >= 0.3 is 5.97 Å². The zero-order valence-electron chi connectivity index (χ0n) is 16.8. The van der Waals surface area contributed by atoms with Crippen LogP contribution in [0.5, 0.6) is 0 Å². The van der Waals surface area contributed by atoms with Gasteiger partial charge in [0.1, 0.15) is 18.3 Å². The molecule has 3 rings (SSSR count). The predicted molar refractivity (Wildman–Crippen MR) is 123 cm³/mol. The Morgan fingerprint density at radius 3 is 2.23 bits per heavy atom. The van der Waals surface area contributed by atoms with Gasteiger partial charge in [0.25, 0.3) is 0 Å². The number of ketones is 2. The van der Waals surface area contributed by atoms with Crippen LogP contribution in [-0.4, -0.2) is 17.5 Å². The van der Waals surface area contributed by atoms with E-state index in [4.69, 9.17) is 16.3 Å². The lowest BCUT2D eigenvalue weighted by Gasteiger charge is -2.24. The van der Waals surface area contributed by atoms with Gasteiger partial charge in [-0.25, -0.2) is 0 Å². The molecule has 0 saturated carbocycles. The van der Waals surface area contributed by atoms with Crippen molar-refractivity contribution in [3.05, 3.63) is 105 Å². The number of rotatable bonds is 8. The minimum atomic E-state index is -1.28. The Hall–Kier alpha value is -2.76. The van der Waals surface area contributed by atoms with Gasteiger partial charge in [-0.1, -0.05) is 70.0 Å². The molecular formula is C25H20BrClO4. The molecule has 31 heavy (non-hydrogen) atoms. The van der Waals surface area contributed by atoms with Crippen LogP contribution < -0.4 is 0 Å². The van der Waals surface area contributed by atoms with Crippen molar-refractivity contribution in [1.82, 2.24) is 0 Å². The van der Waals surface area contributed by atoms with Gasteiger partial charge in [0.15, 0.2) is 5.78 Å². The lowest BCUT2D eigenvalue weighted by molar-refractivity contribution is -0.153. The Morgan fingerprint density at radius 1 is 0.935 bits per heavy atom. The maximum atomic E-state index is 13.5. The van der Waals surface area contributed by atoms with Crippen molar-refractivity contribution in [2.75, 3.05) is 0 Å². The Morgan fingerprint density at radius 2 is 1.61 bits per heavy atom. The molecule has 4 nitrogen and oxygen atoms in total. The quantitative estimate of drug-likeness (QED) is 0.216. The smallest absolute Gasteiger partial charge is 0.317 e. The lowest BCUT2D eigenvalue weighted by atomic mass is 9.78. The van der Waals surface area contributed by atoms with Gasteiger partial charge in [-0.2, -0.15) is 0 Å². The zero-order valence-corrected chi connectivity index (χ0v) is 19.1. The number of esters is 1. The maximum Gasteiger partial charge on any atom is 0.317 e. The minimum absolute atomic E-state index is 0.0177. The van der Waals surface area contributed by atoms with E-state index in [1.54, 1.807) is 42.5 Å². The SMILES string of the molecule is CC(=O)C(C(=O)OCc1ccccc1)C(C(=O)c1ccc(Cl)cc1)c1cccc(Br)c1. The van der Waals surface area contributed by atoms with Crippen LogP contribution in [0.4, 0.5) is 0 Å². The van der Waals surface area contributed by atoms with Crippen molar-refractivity contribution in [1.29, 1.82) is 0 Å². The van der Waals surface area contributed by atoms with Crippen molar-refractivity contribution in [3.8, 4) is 0 Å². The molecule has 0 aliphatic carbocycles. The molecule has 158 valence electrons. The average molecular weight is 500 g/mol. The lowest BCUT2D eigenvalue weighted by Crippen LogP contribution is -2.34. The second-order valence-corrected chi connectivity index (χ2v) is 8.44. The van der Waals surface area contributed by atoms with Crippen LogP contribution in [-0.2, 0) is 20.9 Å². The molecule has 0 fully saturated rings. The van der Waals surface area contributed by atoms with Crippen LogP contribution in [0.25, 0.3) is 0 Å². The molecular weight excluding hydrogens is 480 g/mol. The first kappa shape index (κ1) is 22.9. The fraction of sp³-hybridized carbons (Fsp3) is 0.160. The Kier molecular flexibility index (Phi) is 7.77. The average Bonchev–Trinajstić information content (AvgIpc) is 2.76. The van der Waals surface area contributed by atoms with Crippen molar-refractivity contribution < 1.29 is 19.1 Å². The highest BCUT2D eigenvalue weighted by atomic mass is 79.9. The van der Waals surface area contributed by atoms with Crippen LogP contribution in [0.2, 0.25) is 5.02 Å². The Labute approximate surface area is 194 Å². The van der Waals surface area contributed by atoms with Gasteiger partial charge in [0.2, 0.25) is 0 Å². The van der Waals surface area contributed by atoms with Crippen LogP contribution in [0, 0.1) is 5.92 Å². The monoisotopic (exact) mass is 498 g/mol. The van der Waals surface area contributed by atoms with Crippen LogP contribution >= 0.6 is 27.5 Å². The largest absolute Gasteiger partial charge is 0.460 e. The molecule has 0 saturated heterocycles. The highest BCUT2D eigenvalue weighted by molar-refractivity contribution is 9.10. The molecule has 0 amide bonds. The Balaban J connectivity index is 1.97. The van der Waals surface area contributed by atoms with Crippen molar-refractivity contribution >= 4 is 45.1 Å². The summed E-state index contributed by atoms with van der Waals surface area (Å²) in [7, 11) is 0. The van der Waals surface area contributed by atoms with Gasteiger partial charge < -0.3 is 4.74 Å². The summed E-state index contributed by atoms with van der Waals surface area (Å²) in [5.41, 5.74) is 1.70. The second-order valence-electron chi connectivity index (χ2n) is 7.09. The molecule has 6 heteroatoms. The summed E-state index contributed by atoms with van der Waals surface area (Å²) in [5.74, 6) is -3.83. The van der Waals surface area contributed by atoms with E-state index in [1.165, 1.54) is 6.92 Å². The number of Topliss-reactive ketones (excluding diaryl/α,β-unsaturated/α-hetero) is 2. The fourth-order valence-electron chi connectivity index (χ4n) is 3.34. The topological polar surface area (TPSA) is 60.4 Å². The molecule has 0 N–H and O–H groups in total. The van der Waals surface area contributed by atoms with Gasteiger partial charge in [-0.15, -0.1) is 0 Å². The van der Waals surface area contributed by atoms with E-state index >= 15 is 0 Å². The molecule has 0 spiro atoms. The van der Waals surface area contributed by atoms with Gasteiger partial charge in [0, 0.05) is 15.1 Å². The fourth-order valence-corrected chi connectivity index (χ4v) is 3.89. The number of ether oxygens (including phenoxy) is 1. The highest BCUT2D eigenvalue weighted by Crippen LogP contribution is 2.33. The first-order chi connectivity index (χ1) is 14.9. The summed E-state index contributed by atoms with van der Waals surface area (Å²) in [6, 6.07) is 22.6. The highest BCUT2D eigenvalue weighted by Gasteiger charge is 2.40. The van der Waals surface area contributed by atoms with E-state index in [1.807, 2.05) is 36.4 Å². The third-order valence-electron chi connectivity index (χ3n) is 4.87. The van der Waals surface area contributed by atoms with E-state index in [0.29, 0.717) is 16.1 Å². The number of carbonyl (C=O) groups is 3. The van der Waals surface area contributed by atoms with Gasteiger partial charge in [-0.05, 0) is 54.4 Å². The van der Waals surface area contributed by atoms with Crippen LogP contribution in [0.1, 0.15) is 34.3 Å². The summed E-state index contributed by atoms with van der Waals surface area (Å²) >= 11 is 9.35. The zero-order chi connectivity index (χ0) is 22.4. The van der Waals surface area contributed by atoms with E-state index in [9.17, 15) is 14.4 Å². The predicted octanol–water partition coefficient (Wildman–Crippen LogP) is 6.02. The molecule has 0 bridgehead atoms. The molecule has 0 aliphatic rings. The van der Waals surface area contributed by atoms with E-state index in [0.717, 1.165) is 10.0 Å². The van der Waals surface area contributed by atoms with Gasteiger partial charge in [-0.3, -0.25) is 14.4 Å². The molecule has 3 aromatic rings. The molecule has 2 unspecified atom stereocenters. The number of hydrogen-bond donors (Lipinski definition) is 0.